The Labute approximate surface area is 62.7 Å². The molecule has 0 aliphatic carbocycles. The van der Waals surface area contributed by atoms with Crippen molar-refractivity contribution >= 4 is 0 Å². The van der Waals surface area contributed by atoms with Crippen molar-refractivity contribution in [3.8, 4) is 6.07 Å². The van der Waals surface area contributed by atoms with E-state index in [1.807, 2.05) is 6.07 Å². The van der Waals surface area contributed by atoms with Crippen LogP contribution >= 0.6 is 0 Å². The molecule has 0 unspecified atom stereocenters. The van der Waals surface area contributed by atoms with Crippen LogP contribution in [0.4, 0.5) is 0 Å². The number of hydrogen-bond acceptors (Lipinski definition) is 1. The summed E-state index contributed by atoms with van der Waals surface area (Å²) in [7, 11) is 0. The highest BCUT2D eigenvalue weighted by Crippen LogP contribution is 2.03. The van der Waals surface area contributed by atoms with E-state index in [4.69, 9.17) is 5.26 Å². The molecular weight excluding hydrogens is 122 g/mol. The smallest absolute Gasteiger partial charge is 0.0940 e. The predicted octanol–water partition coefficient (Wildman–Crippen LogP) is 2.81. The van der Waals surface area contributed by atoms with E-state index < -0.39 is 0 Å². The Bertz CT molecular complexity index is 177. The second-order valence-electron chi connectivity index (χ2n) is 2.54. The first-order chi connectivity index (χ1) is 4.66. The van der Waals surface area contributed by atoms with Gasteiger partial charge in [-0.05, 0) is 26.7 Å². The molecule has 0 spiro atoms. The van der Waals surface area contributed by atoms with Gasteiger partial charge in [0.1, 0.15) is 0 Å². The van der Waals surface area contributed by atoms with Gasteiger partial charge in [0.2, 0.25) is 0 Å². The molecular formula is C9H13N. The fraction of sp³-hybridized carbons (Fsp3) is 0.444. The Morgan fingerprint density at radius 2 is 2.20 bits per heavy atom. The average Bonchev–Trinajstić information content (AvgIpc) is 1.87. The van der Waals surface area contributed by atoms with Crippen molar-refractivity contribution in [3.05, 3.63) is 23.8 Å². The van der Waals surface area contributed by atoms with Crippen LogP contribution in [-0.2, 0) is 0 Å². The zero-order chi connectivity index (χ0) is 7.98. The number of allylic oxidation sites excluding steroid dienone is 3. The number of hydrogen-bond donors (Lipinski definition) is 0. The van der Waals surface area contributed by atoms with E-state index >= 15 is 0 Å². The minimum Gasteiger partial charge on any atom is -0.193 e. The van der Waals surface area contributed by atoms with E-state index in [1.165, 1.54) is 5.57 Å². The summed E-state index contributed by atoms with van der Waals surface area (Å²) < 4.78 is 0. The Kier molecular flexibility index (Phi) is 4.32. The minimum absolute atomic E-state index is 0.664. The normalized spacial score (nSPS) is 8.10. The Balaban J connectivity index is 3.50. The van der Waals surface area contributed by atoms with Crippen molar-refractivity contribution in [3.63, 3.8) is 0 Å². The summed E-state index contributed by atoms with van der Waals surface area (Å²) in [6.45, 7) is 7.68. The molecule has 54 valence electrons. The SMILES string of the molecule is C=C(C#N)CCC=C(C)C. The molecule has 0 bridgehead atoms. The molecule has 0 rings (SSSR count). The summed E-state index contributed by atoms with van der Waals surface area (Å²) in [6.07, 6.45) is 3.85. The van der Waals surface area contributed by atoms with Gasteiger partial charge in [0.05, 0.1) is 6.07 Å². The molecule has 0 radical (unpaired) electrons. The second kappa shape index (κ2) is 4.81. The van der Waals surface area contributed by atoms with Crippen LogP contribution < -0.4 is 0 Å². The maximum Gasteiger partial charge on any atom is 0.0940 e. The summed E-state index contributed by atoms with van der Waals surface area (Å²) >= 11 is 0. The molecule has 1 heteroatoms. The largest absolute Gasteiger partial charge is 0.193 e. The van der Waals surface area contributed by atoms with Crippen molar-refractivity contribution in [2.24, 2.45) is 0 Å². The van der Waals surface area contributed by atoms with Crippen molar-refractivity contribution in [2.75, 3.05) is 0 Å². The van der Waals surface area contributed by atoms with Crippen molar-refractivity contribution in [1.29, 1.82) is 5.26 Å². The topological polar surface area (TPSA) is 23.8 Å². The quantitative estimate of drug-likeness (QED) is 0.431. The molecule has 0 saturated heterocycles. The van der Waals surface area contributed by atoms with Crippen molar-refractivity contribution in [1.82, 2.24) is 0 Å². The van der Waals surface area contributed by atoms with Crippen LogP contribution in [0.3, 0.4) is 0 Å². The van der Waals surface area contributed by atoms with Gasteiger partial charge in [-0.2, -0.15) is 5.26 Å². The van der Waals surface area contributed by atoms with Gasteiger partial charge in [0.15, 0.2) is 0 Å². The minimum atomic E-state index is 0.664. The third-order valence-electron chi connectivity index (χ3n) is 1.16. The third kappa shape index (κ3) is 5.11. The van der Waals surface area contributed by atoms with Gasteiger partial charge in [0, 0.05) is 5.57 Å². The molecule has 0 aromatic carbocycles. The van der Waals surface area contributed by atoms with Gasteiger partial charge in [-0.3, -0.25) is 0 Å². The average molecular weight is 135 g/mol. The summed E-state index contributed by atoms with van der Waals surface area (Å²) in [6, 6.07) is 2.01. The van der Waals surface area contributed by atoms with Crippen LogP contribution in [-0.4, -0.2) is 0 Å². The summed E-state index contributed by atoms with van der Waals surface area (Å²) in [4.78, 5) is 0. The molecule has 0 aliphatic heterocycles. The van der Waals surface area contributed by atoms with Crippen molar-refractivity contribution in [2.45, 2.75) is 26.7 Å². The van der Waals surface area contributed by atoms with Crippen LogP contribution in [0.2, 0.25) is 0 Å². The summed E-state index contributed by atoms with van der Waals surface area (Å²) in [5.74, 6) is 0. The van der Waals surface area contributed by atoms with E-state index in [1.54, 1.807) is 0 Å². The molecule has 0 amide bonds. The first-order valence-corrected chi connectivity index (χ1v) is 3.38. The van der Waals surface area contributed by atoms with E-state index in [9.17, 15) is 0 Å². The lowest BCUT2D eigenvalue weighted by Gasteiger charge is -1.91. The lowest BCUT2D eigenvalue weighted by atomic mass is 10.1. The molecule has 0 aliphatic rings. The van der Waals surface area contributed by atoms with E-state index in [-0.39, 0.29) is 0 Å². The predicted molar refractivity (Wildman–Crippen MR) is 43.4 cm³/mol. The zero-order valence-electron chi connectivity index (χ0n) is 6.65. The van der Waals surface area contributed by atoms with Crippen LogP contribution in [0.15, 0.2) is 23.8 Å². The highest BCUT2D eigenvalue weighted by atomic mass is 14.2. The fourth-order valence-corrected chi connectivity index (χ4v) is 0.591. The number of rotatable bonds is 3. The Hall–Kier alpha value is -1.03. The third-order valence-corrected chi connectivity index (χ3v) is 1.16. The first-order valence-electron chi connectivity index (χ1n) is 3.38. The lowest BCUT2D eigenvalue weighted by Crippen LogP contribution is -1.75. The standard InChI is InChI=1S/C9H13N/c1-8(2)5-4-6-9(3)7-10/h5H,3-4,6H2,1-2H3. The van der Waals surface area contributed by atoms with Crippen LogP contribution in [0, 0.1) is 11.3 Å². The fourth-order valence-electron chi connectivity index (χ4n) is 0.591. The molecule has 1 nitrogen and oxygen atoms in total. The van der Waals surface area contributed by atoms with Crippen LogP contribution in [0.25, 0.3) is 0 Å². The van der Waals surface area contributed by atoms with Crippen molar-refractivity contribution < 1.29 is 0 Å². The molecule has 0 aromatic rings. The van der Waals surface area contributed by atoms with Crippen LogP contribution in [0.1, 0.15) is 26.7 Å². The van der Waals surface area contributed by atoms with E-state index in [2.05, 4.69) is 26.5 Å². The van der Waals surface area contributed by atoms with Gasteiger partial charge in [-0.15, -0.1) is 0 Å². The summed E-state index contributed by atoms with van der Waals surface area (Å²) in [5.41, 5.74) is 1.96. The number of nitrogens with zero attached hydrogens (tertiary/aromatic N) is 1. The van der Waals surface area contributed by atoms with Crippen LogP contribution in [0.5, 0.6) is 0 Å². The van der Waals surface area contributed by atoms with Gasteiger partial charge < -0.3 is 0 Å². The monoisotopic (exact) mass is 135 g/mol. The summed E-state index contributed by atoms with van der Waals surface area (Å²) in [5, 5.41) is 8.33. The van der Waals surface area contributed by atoms with Gasteiger partial charge in [-0.25, -0.2) is 0 Å². The Morgan fingerprint density at radius 3 is 2.60 bits per heavy atom. The highest BCUT2D eigenvalue weighted by molar-refractivity contribution is 5.16. The first kappa shape index (κ1) is 8.97. The van der Waals surface area contributed by atoms with Gasteiger partial charge in [0.25, 0.3) is 0 Å². The van der Waals surface area contributed by atoms with E-state index in [0.717, 1.165) is 12.8 Å². The molecule has 0 saturated carbocycles. The van der Waals surface area contributed by atoms with E-state index in [0.29, 0.717) is 5.57 Å². The maximum absolute atomic E-state index is 8.33. The van der Waals surface area contributed by atoms with Gasteiger partial charge >= 0.3 is 0 Å². The molecule has 0 N–H and O–H groups in total. The molecule has 0 atom stereocenters. The zero-order valence-corrected chi connectivity index (χ0v) is 6.65. The molecule has 0 heterocycles. The number of nitriles is 1. The van der Waals surface area contributed by atoms with Gasteiger partial charge in [-0.1, -0.05) is 18.2 Å². The maximum atomic E-state index is 8.33. The lowest BCUT2D eigenvalue weighted by molar-refractivity contribution is 1.00. The second-order valence-corrected chi connectivity index (χ2v) is 2.54. The molecule has 0 fully saturated rings. The Morgan fingerprint density at radius 1 is 1.60 bits per heavy atom. The molecule has 0 aromatic heterocycles. The highest BCUT2D eigenvalue weighted by Gasteiger charge is 1.87. The molecule has 10 heavy (non-hydrogen) atoms.